The van der Waals surface area contributed by atoms with Gasteiger partial charge in [-0.05, 0) is 55.3 Å². The molecular weight excluding hydrogens is 446 g/mol. The highest BCUT2D eigenvalue weighted by molar-refractivity contribution is 7.99. The van der Waals surface area contributed by atoms with Crippen molar-refractivity contribution in [1.82, 2.24) is 14.7 Å². The van der Waals surface area contributed by atoms with Crippen LogP contribution in [-0.4, -0.2) is 41.3 Å². The summed E-state index contributed by atoms with van der Waals surface area (Å²) in [5, 5.41) is 9.95. The number of esters is 1. The number of aryl methyl sites for hydroxylation is 1. The van der Waals surface area contributed by atoms with Crippen LogP contribution in [0.25, 0.3) is 10.6 Å². The molecule has 0 bridgehead atoms. The summed E-state index contributed by atoms with van der Waals surface area (Å²) >= 11 is 3.12. The van der Waals surface area contributed by atoms with Crippen LogP contribution in [0.4, 0.5) is 0 Å². The lowest BCUT2D eigenvalue weighted by Gasteiger charge is -2.13. The zero-order valence-corrected chi connectivity index (χ0v) is 19.5. The predicted molar refractivity (Wildman–Crippen MR) is 129 cm³/mol. The van der Waals surface area contributed by atoms with Crippen molar-refractivity contribution in [3.63, 3.8) is 0 Å². The molecule has 32 heavy (non-hydrogen) atoms. The van der Waals surface area contributed by atoms with Gasteiger partial charge in [0.15, 0.2) is 0 Å². The monoisotopic (exact) mass is 473 g/mol. The van der Waals surface area contributed by atoms with Crippen LogP contribution in [0.2, 0.25) is 0 Å². The average Bonchev–Trinajstić information content (AvgIpc) is 3.25. The Balaban J connectivity index is 0.000000380. The van der Waals surface area contributed by atoms with E-state index in [2.05, 4.69) is 14.4 Å². The van der Waals surface area contributed by atoms with E-state index in [0.29, 0.717) is 18.0 Å². The third kappa shape index (κ3) is 9.40. The normalized spacial score (nSPS) is 10.8. The molecular formula is C22H27N5O3S2. The number of carbonyl (C=O) groups is 1. The SMILES string of the molecule is COC(=O)CN(N)/C=C(\N)CNSc1ccc(-c2ccccn2)s1.Cc1ccc(O)cc1. The van der Waals surface area contributed by atoms with E-state index in [-0.39, 0.29) is 6.54 Å². The van der Waals surface area contributed by atoms with E-state index in [4.69, 9.17) is 16.7 Å². The minimum atomic E-state index is -0.426. The molecule has 0 aliphatic rings. The van der Waals surface area contributed by atoms with Crippen molar-refractivity contribution in [1.29, 1.82) is 0 Å². The first kappa shape index (κ1) is 25.2. The van der Waals surface area contributed by atoms with Crippen LogP contribution in [0.5, 0.6) is 5.75 Å². The molecule has 8 nitrogen and oxygen atoms in total. The number of phenolic OH excluding ortho intramolecular Hbond substituents is 1. The molecule has 2 aromatic heterocycles. The molecule has 0 spiro atoms. The van der Waals surface area contributed by atoms with Crippen molar-refractivity contribution in [2.24, 2.45) is 11.6 Å². The smallest absolute Gasteiger partial charge is 0.326 e. The van der Waals surface area contributed by atoms with Gasteiger partial charge in [0.05, 0.1) is 21.9 Å². The lowest BCUT2D eigenvalue weighted by Crippen LogP contribution is -2.33. The number of nitrogens with one attached hydrogen (secondary N) is 1. The number of hydrazine groups is 1. The minimum Gasteiger partial charge on any atom is -0.508 e. The van der Waals surface area contributed by atoms with Crippen molar-refractivity contribution >= 4 is 29.3 Å². The van der Waals surface area contributed by atoms with Gasteiger partial charge in [-0.1, -0.05) is 23.8 Å². The number of phenols is 1. The molecule has 3 rings (SSSR count). The van der Waals surface area contributed by atoms with Crippen molar-refractivity contribution in [3.8, 4) is 16.3 Å². The lowest BCUT2D eigenvalue weighted by atomic mass is 10.2. The van der Waals surface area contributed by atoms with Gasteiger partial charge in [-0.25, -0.2) is 5.84 Å². The molecule has 2 heterocycles. The fourth-order valence-corrected chi connectivity index (χ4v) is 4.12. The Hall–Kier alpha value is -3.05. The fraction of sp³-hybridized carbons (Fsp3) is 0.182. The number of benzene rings is 1. The Bertz CT molecular complexity index is 973. The summed E-state index contributed by atoms with van der Waals surface area (Å²) in [6, 6.07) is 17.0. The van der Waals surface area contributed by atoms with Gasteiger partial charge in [-0.15, -0.1) is 11.3 Å². The standard InChI is InChI=1S/C15H19N5O2S2.C7H8O/c1-22-14(21)10-20(17)9-11(16)8-19-24-15-6-5-13(23-15)12-4-2-3-7-18-12;1-6-2-4-7(8)5-3-6/h2-7,9,19H,8,10,16-17H2,1H3;2-5,8H,1H3/b11-9-;. The first-order chi connectivity index (χ1) is 15.4. The van der Waals surface area contributed by atoms with Gasteiger partial charge in [0.1, 0.15) is 12.3 Å². The van der Waals surface area contributed by atoms with Crippen LogP contribution in [-0.2, 0) is 9.53 Å². The molecule has 0 aliphatic heterocycles. The predicted octanol–water partition coefficient (Wildman–Crippen LogP) is 3.26. The number of hydrogen-bond acceptors (Lipinski definition) is 10. The van der Waals surface area contributed by atoms with Gasteiger partial charge in [0, 0.05) is 24.6 Å². The molecule has 6 N–H and O–H groups in total. The maximum Gasteiger partial charge on any atom is 0.326 e. The highest BCUT2D eigenvalue weighted by Gasteiger charge is 2.06. The molecule has 0 saturated heterocycles. The summed E-state index contributed by atoms with van der Waals surface area (Å²) in [5.74, 6) is 5.54. The Morgan fingerprint density at radius 3 is 2.62 bits per heavy atom. The topological polar surface area (TPSA) is 127 Å². The Labute approximate surface area is 196 Å². The number of nitrogens with two attached hydrogens (primary N) is 2. The highest BCUT2D eigenvalue weighted by atomic mass is 32.2. The van der Waals surface area contributed by atoms with E-state index in [0.717, 1.165) is 14.8 Å². The van der Waals surface area contributed by atoms with Crippen molar-refractivity contribution < 1.29 is 14.6 Å². The quantitative estimate of drug-likeness (QED) is 0.169. The number of thiophene rings is 1. The number of ether oxygens (including phenoxy) is 1. The molecule has 0 amide bonds. The Morgan fingerprint density at radius 1 is 1.25 bits per heavy atom. The van der Waals surface area contributed by atoms with Gasteiger partial charge < -0.3 is 20.6 Å². The summed E-state index contributed by atoms with van der Waals surface area (Å²) in [5.41, 5.74) is 8.49. The van der Waals surface area contributed by atoms with Gasteiger partial charge in [0.2, 0.25) is 0 Å². The second-order valence-corrected chi connectivity index (χ2v) is 8.82. The van der Waals surface area contributed by atoms with Gasteiger partial charge in [-0.3, -0.25) is 14.5 Å². The molecule has 0 aliphatic carbocycles. The third-order valence-electron chi connectivity index (χ3n) is 3.85. The van der Waals surface area contributed by atoms with Crippen molar-refractivity contribution in [3.05, 3.63) is 78.3 Å². The Morgan fingerprint density at radius 2 is 2.00 bits per heavy atom. The number of hydrogen-bond donors (Lipinski definition) is 4. The molecule has 10 heteroatoms. The van der Waals surface area contributed by atoms with E-state index >= 15 is 0 Å². The first-order valence-electron chi connectivity index (χ1n) is 9.58. The molecule has 0 radical (unpaired) electrons. The second-order valence-electron chi connectivity index (χ2n) is 6.54. The maximum absolute atomic E-state index is 11.1. The van der Waals surface area contributed by atoms with Gasteiger partial charge in [-0.2, -0.15) is 0 Å². The fourth-order valence-electron chi connectivity index (χ4n) is 2.27. The highest BCUT2D eigenvalue weighted by Crippen LogP contribution is 2.31. The average molecular weight is 474 g/mol. The van der Waals surface area contributed by atoms with Crippen molar-refractivity contribution in [2.75, 3.05) is 20.2 Å². The van der Waals surface area contributed by atoms with Gasteiger partial charge in [0.25, 0.3) is 0 Å². The molecule has 1 aromatic carbocycles. The maximum atomic E-state index is 11.1. The number of nitrogens with zero attached hydrogens (tertiary/aromatic N) is 2. The zero-order valence-electron chi connectivity index (χ0n) is 17.9. The molecule has 170 valence electrons. The van der Waals surface area contributed by atoms with E-state index < -0.39 is 5.97 Å². The van der Waals surface area contributed by atoms with Crippen LogP contribution in [0.1, 0.15) is 5.56 Å². The summed E-state index contributed by atoms with van der Waals surface area (Å²) in [6.45, 7) is 2.36. The molecule has 0 saturated carbocycles. The number of aromatic nitrogens is 1. The van der Waals surface area contributed by atoms with Gasteiger partial charge >= 0.3 is 5.97 Å². The van der Waals surface area contributed by atoms with E-state index in [9.17, 15) is 4.79 Å². The minimum absolute atomic E-state index is 0.0529. The molecule has 0 unspecified atom stereocenters. The van der Waals surface area contributed by atoms with E-state index in [1.54, 1.807) is 29.7 Å². The largest absolute Gasteiger partial charge is 0.508 e. The number of aromatic hydroxyl groups is 1. The molecule has 0 atom stereocenters. The third-order valence-corrected chi connectivity index (χ3v) is 5.88. The van der Waals surface area contributed by atoms with Crippen LogP contribution in [0, 0.1) is 6.92 Å². The molecule has 3 aromatic rings. The van der Waals surface area contributed by atoms with E-state index in [1.165, 1.54) is 35.8 Å². The lowest BCUT2D eigenvalue weighted by molar-refractivity contribution is -0.141. The number of rotatable bonds is 8. The summed E-state index contributed by atoms with van der Waals surface area (Å²) in [6.07, 6.45) is 3.27. The van der Waals surface area contributed by atoms with Crippen LogP contribution < -0.4 is 16.3 Å². The second kappa shape index (κ2) is 13.4. The zero-order chi connectivity index (χ0) is 23.3. The first-order valence-corrected chi connectivity index (χ1v) is 11.2. The van der Waals surface area contributed by atoms with Crippen LogP contribution >= 0.6 is 23.3 Å². The summed E-state index contributed by atoms with van der Waals surface area (Å²) in [4.78, 5) is 16.5. The number of methoxy groups -OCH3 is 1. The van der Waals surface area contributed by atoms with E-state index in [1.807, 2.05) is 49.4 Å². The summed E-state index contributed by atoms with van der Waals surface area (Å²) in [7, 11) is 1.31. The summed E-state index contributed by atoms with van der Waals surface area (Å²) < 4.78 is 8.78. The number of carbonyl (C=O) groups excluding carboxylic acids is 1. The van der Waals surface area contributed by atoms with Crippen molar-refractivity contribution in [2.45, 2.75) is 11.1 Å². The van der Waals surface area contributed by atoms with Crippen LogP contribution in [0.3, 0.4) is 0 Å². The van der Waals surface area contributed by atoms with Crippen LogP contribution in [0.15, 0.2) is 76.9 Å². The number of pyridine rings is 1. The molecule has 0 fully saturated rings. The Kier molecular flexibility index (Phi) is 10.5.